The fraction of sp³-hybridized carbons (Fsp3) is 0.900. The molecule has 0 bridgehead atoms. The van der Waals surface area contributed by atoms with Gasteiger partial charge in [0, 0.05) is 0 Å². The first-order valence-electron chi connectivity index (χ1n) is 10.2. The van der Waals surface area contributed by atoms with Crippen LogP contribution in [0.15, 0.2) is 12.2 Å². The highest BCUT2D eigenvalue weighted by Crippen LogP contribution is 2.05. The summed E-state index contributed by atoms with van der Waals surface area (Å²) in [6.45, 7) is 6.27. The van der Waals surface area contributed by atoms with Crippen molar-refractivity contribution in [2.24, 2.45) is 0 Å². The Hall–Kier alpha value is -0.540. The Morgan fingerprint density at radius 2 is 1.30 bits per heavy atom. The average molecular weight is 393 g/mol. The van der Waals surface area contributed by atoms with Gasteiger partial charge in [0.05, 0.1) is 78.8 Å². The van der Waals surface area contributed by atoms with Crippen molar-refractivity contribution in [1.29, 1.82) is 0 Å². The van der Waals surface area contributed by atoms with E-state index in [2.05, 4.69) is 19.1 Å². The molecule has 1 atom stereocenters. The van der Waals surface area contributed by atoms with Gasteiger partial charge in [-0.2, -0.15) is 0 Å². The second kappa shape index (κ2) is 23.5. The Labute approximate surface area is 164 Å². The van der Waals surface area contributed by atoms with Gasteiger partial charge < -0.3 is 33.9 Å². The molecule has 0 aromatic heterocycles. The third-order valence-corrected chi connectivity index (χ3v) is 3.63. The van der Waals surface area contributed by atoms with Crippen molar-refractivity contribution in [3.8, 4) is 0 Å². The van der Waals surface area contributed by atoms with Crippen LogP contribution in [0.3, 0.4) is 0 Å². The predicted octanol–water partition coefficient (Wildman–Crippen LogP) is 1.95. The van der Waals surface area contributed by atoms with Crippen LogP contribution in [-0.2, 0) is 23.7 Å². The first-order valence-corrected chi connectivity index (χ1v) is 10.2. The summed E-state index contributed by atoms with van der Waals surface area (Å²) < 4.78 is 27.1. The van der Waals surface area contributed by atoms with E-state index in [1.807, 2.05) is 0 Å². The molecule has 0 aliphatic heterocycles. The molecule has 0 saturated heterocycles. The maximum Gasteiger partial charge on any atom is 0.0990 e. The minimum atomic E-state index is -0.109. The van der Waals surface area contributed by atoms with Crippen LogP contribution in [0.4, 0.5) is 0 Å². The molecule has 27 heavy (non-hydrogen) atoms. The standard InChI is InChI=1S/C20H40O7/c1-2-3-4-5-6-7-8-20(27-18-17-24-12-10-22)19-26-16-15-25-14-13-23-11-9-21/h7-8,20-22H,2-6,9-19H2,1H3. The minimum absolute atomic E-state index is 0.0231. The van der Waals surface area contributed by atoms with Crippen molar-refractivity contribution in [2.45, 2.75) is 45.1 Å². The van der Waals surface area contributed by atoms with Crippen LogP contribution in [-0.4, -0.2) is 89.0 Å². The molecule has 2 N–H and O–H groups in total. The summed E-state index contributed by atoms with van der Waals surface area (Å²) in [6, 6.07) is 0. The summed E-state index contributed by atoms with van der Waals surface area (Å²) in [5, 5.41) is 17.3. The van der Waals surface area contributed by atoms with Gasteiger partial charge in [0.25, 0.3) is 0 Å². The van der Waals surface area contributed by atoms with Gasteiger partial charge in [-0.25, -0.2) is 0 Å². The zero-order chi connectivity index (χ0) is 19.8. The molecule has 0 aromatic rings. The lowest BCUT2D eigenvalue weighted by molar-refractivity contribution is -0.0363. The smallest absolute Gasteiger partial charge is 0.0990 e. The van der Waals surface area contributed by atoms with E-state index < -0.39 is 0 Å². The molecule has 1 unspecified atom stereocenters. The highest BCUT2D eigenvalue weighted by Gasteiger charge is 2.05. The first-order chi connectivity index (χ1) is 13.3. The first kappa shape index (κ1) is 26.5. The molecule has 0 spiro atoms. The lowest BCUT2D eigenvalue weighted by atomic mass is 10.1. The topological polar surface area (TPSA) is 86.6 Å². The van der Waals surface area contributed by atoms with Crippen molar-refractivity contribution in [1.82, 2.24) is 0 Å². The van der Waals surface area contributed by atoms with Crippen LogP contribution in [0.1, 0.15) is 39.0 Å². The van der Waals surface area contributed by atoms with Crippen molar-refractivity contribution in [3.63, 3.8) is 0 Å². The Morgan fingerprint density at radius 1 is 0.704 bits per heavy atom. The van der Waals surface area contributed by atoms with Crippen LogP contribution in [0.5, 0.6) is 0 Å². The summed E-state index contributed by atoms with van der Waals surface area (Å²) in [5.41, 5.74) is 0. The fourth-order valence-corrected chi connectivity index (χ4v) is 2.23. The minimum Gasteiger partial charge on any atom is -0.394 e. The van der Waals surface area contributed by atoms with E-state index in [4.69, 9.17) is 33.9 Å². The fourth-order valence-electron chi connectivity index (χ4n) is 2.23. The van der Waals surface area contributed by atoms with Crippen molar-refractivity contribution < 1.29 is 33.9 Å². The quantitative estimate of drug-likeness (QED) is 0.215. The number of aliphatic hydroxyl groups is 2. The Morgan fingerprint density at radius 3 is 1.93 bits per heavy atom. The normalized spacial score (nSPS) is 12.9. The van der Waals surface area contributed by atoms with E-state index in [0.29, 0.717) is 59.5 Å². The second-order valence-electron chi connectivity index (χ2n) is 6.05. The number of unbranched alkanes of at least 4 members (excludes halogenated alkanes) is 4. The van der Waals surface area contributed by atoms with Crippen LogP contribution in [0.2, 0.25) is 0 Å². The maximum absolute atomic E-state index is 8.70. The molecule has 0 heterocycles. The highest BCUT2D eigenvalue weighted by molar-refractivity contribution is 4.89. The number of ether oxygens (including phenoxy) is 5. The van der Waals surface area contributed by atoms with Crippen LogP contribution in [0, 0.1) is 0 Å². The predicted molar refractivity (Wildman–Crippen MR) is 105 cm³/mol. The summed E-state index contributed by atoms with van der Waals surface area (Å²) in [5.74, 6) is 0. The van der Waals surface area contributed by atoms with Crippen LogP contribution < -0.4 is 0 Å². The molecule has 0 amide bonds. The van der Waals surface area contributed by atoms with E-state index >= 15 is 0 Å². The van der Waals surface area contributed by atoms with E-state index in [9.17, 15) is 0 Å². The molecule has 0 aromatic carbocycles. The monoisotopic (exact) mass is 392 g/mol. The number of hydrogen-bond acceptors (Lipinski definition) is 7. The largest absolute Gasteiger partial charge is 0.394 e. The molecule has 0 rings (SSSR count). The third kappa shape index (κ3) is 21.6. The van der Waals surface area contributed by atoms with Gasteiger partial charge >= 0.3 is 0 Å². The van der Waals surface area contributed by atoms with Crippen molar-refractivity contribution >= 4 is 0 Å². The molecule has 0 saturated carbocycles. The molecular weight excluding hydrogens is 352 g/mol. The Bertz CT molecular complexity index is 300. The summed E-state index contributed by atoms with van der Waals surface area (Å²) in [4.78, 5) is 0. The number of hydrogen-bond donors (Lipinski definition) is 2. The highest BCUT2D eigenvalue weighted by atomic mass is 16.6. The lowest BCUT2D eigenvalue weighted by Gasteiger charge is -2.15. The molecule has 0 aliphatic rings. The van der Waals surface area contributed by atoms with Gasteiger partial charge in [0.2, 0.25) is 0 Å². The third-order valence-electron chi connectivity index (χ3n) is 3.63. The molecule has 7 nitrogen and oxygen atoms in total. The summed E-state index contributed by atoms with van der Waals surface area (Å²) in [7, 11) is 0. The van der Waals surface area contributed by atoms with Gasteiger partial charge in [0.1, 0.15) is 0 Å². The van der Waals surface area contributed by atoms with E-state index in [-0.39, 0.29) is 19.3 Å². The molecule has 0 radical (unpaired) electrons. The Kier molecular flexibility index (Phi) is 23.0. The van der Waals surface area contributed by atoms with E-state index in [1.165, 1.54) is 25.7 Å². The maximum atomic E-state index is 8.70. The lowest BCUT2D eigenvalue weighted by Crippen LogP contribution is -2.22. The average Bonchev–Trinajstić information content (AvgIpc) is 2.68. The molecule has 0 aliphatic carbocycles. The van der Waals surface area contributed by atoms with E-state index in [1.54, 1.807) is 0 Å². The molecule has 7 heteroatoms. The van der Waals surface area contributed by atoms with Crippen molar-refractivity contribution in [3.05, 3.63) is 12.2 Å². The zero-order valence-electron chi connectivity index (χ0n) is 17.0. The second-order valence-corrected chi connectivity index (χ2v) is 6.05. The SMILES string of the molecule is CCCCCCC=CC(COCCOCCOCCO)OCCOCCO. The van der Waals surface area contributed by atoms with Gasteiger partial charge in [0.15, 0.2) is 0 Å². The van der Waals surface area contributed by atoms with E-state index in [0.717, 1.165) is 6.42 Å². The molecule has 162 valence electrons. The number of allylic oxidation sites excluding steroid dienone is 1. The number of rotatable bonds is 22. The van der Waals surface area contributed by atoms with Crippen molar-refractivity contribution in [2.75, 3.05) is 72.7 Å². The van der Waals surface area contributed by atoms with Crippen LogP contribution in [0.25, 0.3) is 0 Å². The van der Waals surface area contributed by atoms with Gasteiger partial charge in [-0.1, -0.05) is 38.3 Å². The molecule has 0 fully saturated rings. The van der Waals surface area contributed by atoms with Gasteiger partial charge in [-0.15, -0.1) is 0 Å². The summed E-state index contributed by atoms with van der Waals surface area (Å²) in [6.07, 6.45) is 10.1. The van der Waals surface area contributed by atoms with Gasteiger partial charge in [-0.05, 0) is 12.8 Å². The molecular formula is C20H40O7. The number of aliphatic hydroxyl groups excluding tert-OH is 2. The zero-order valence-corrected chi connectivity index (χ0v) is 17.0. The van der Waals surface area contributed by atoms with Gasteiger partial charge in [-0.3, -0.25) is 0 Å². The Balaban J connectivity index is 3.83. The van der Waals surface area contributed by atoms with Crippen LogP contribution >= 0.6 is 0 Å². The summed E-state index contributed by atoms with van der Waals surface area (Å²) >= 11 is 0.